The van der Waals surface area contributed by atoms with E-state index in [1.165, 1.54) is 6.07 Å². The van der Waals surface area contributed by atoms with Crippen LogP contribution in [0, 0.1) is 17.0 Å². The van der Waals surface area contributed by atoms with Crippen molar-refractivity contribution in [3.05, 3.63) is 33.9 Å². The molecule has 0 atom stereocenters. The first-order chi connectivity index (χ1) is 5.13. The van der Waals surface area contributed by atoms with Gasteiger partial charge in [0.15, 0.2) is 0 Å². The van der Waals surface area contributed by atoms with E-state index in [0.717, 1.165) is 5.56 Å². The second-order valence-electron chi connectivity index (χ2n) is 2.33. The van der Waals surface area contributed by atoms with Crippen molar-refractivity contribution in [2.45, 2.75) is 6.92 Å². The Kier molecular flexibility index (Phi) is 3.85. The largest absolute Gasteiger partial charge is 1.00 e. The van der Waals surface area contributed by atoms with Gasteiger partial charge in [0.05, 0.1) is 4.92 Å². The van der Waals surface area contributed by atoms with Gasteiger partial charge >= 0.3 is 5.69 Å². The second kappa shape index (κ2) is 4.18. The van der Waals surface area contributed by atoms with Gasteiger partial charge in [0, 0.05) is 11.6 Å². The van der Waals surface area contributed by atoms with Crippen molar-refractivity contribution in [1.29, 1.82) is 0 Å². The number of quaternary nitrogens is 1. The van der Waals surface area contributed by atoms with Crippen molar-refractivity contribution in [1.82, 2.24) is 0 Å². The minimum absolute atomic E-state index is 0. The predicted molar refractivity (Wildman–Crippen MR) is 40.4 cm³/mol. The summed E-state index contributed by atoms with van der Waals surface area (Å²) in [6, 6.07) is 4.91. The summed E-state index contributed by atoms with van der Waals surface area (Å²) in [5.74, 6) is 0. The molecule has 1 aromatic carbocycles. The summed E-state index contributed by atoms with van der Waals surface area (Å²) >= 11 is 0. The second-order valence-corrected chi connectivity index (χ2v) is 2.33. The molecule has 3 N–H and O–H groups in total. The molecule has 1 aromatic rings. The molecule has 0 saturated heterocycles. The van der Waals surface area contributed by atoms with Gasteiger partial charge in [-0.1, -0.05) is 12.1 Å². The van der Waals surface area contributed by atoms with Gasteiger partial charge in [-0.2, -0.15) is 0 Å². The van der Waals surface area contributed by atoms with E-state index >= 15 is 0 Å². The maximum Gasteiger partial charge on any atom is 0.329 e. The summed E-state index contributed by atoms with van der Waals surface area (Å²) in [7, 11) is 0. The number of hydrogen-bond donors (Lipinski definition) is 1. The van der Waals surface area contributed by atoms with Gasteiger partial charge in [0.25, 0.3) is 0 Å². The molecule has 0 saturated carbocycles. The molecule has 1 rings (SSSR count). The van der Waals surface area contributed by atoms with E-state index in [1.54, 1.807) is 19.1 Å². The lowest BCUT2D eigenvalue weighted by Gasteiger charge is -1.94. The average Bonchev–Trinajstić information content (AvgIpc) is 1.94. The van der Waals surface area contributed by atoms with E-state index in [9.17, 15) is 10.1 Å². The number of rotatable bonds is 1. The number of halogens is 1. The summed E-state index contributed by atoms with van der Waals surface area (Å²) in [5, 5.41) is 10.3. The zero-order valence-electron chi connectivity index (χ0n) is 6.58. The van der Waals surface area contributed by atoms with Crippen LogP contribution in [0.2, 0.25) is 0 Å². The molecule has 0 bridgehead atoms. The van der Waals surface area contributed by atoms with Gasteiger partial charge in [-0.3, -0.25) is 10.1 Å². The SMILES string of the molecule is Cc1cccc([N+](=O)[O-])c1[NH3+].[Br-]. The molecule has 0 unspecified atom stereocenters. The minimum Gasteiger partial charge on any atom is -1.00 e. The standard InChI is InChI=1S/C7H8N2O2.BrH/c1-5-3-2-4-6(7(5)8)9(10)11;/h2-4H,8H2,1H3;1H. The van der Waals surface area contributed by atoms with E-state index < -0.39 is 4.92 Å². The number of hydrogen-bond acceptors (Lipinski definition) is 2. The molecule has 0 spiro atoms. The Balaban J connectivity index is 0.00000121. The summed E-state index contributed by atoms with van der Waals surface area (Å²) in [5.41, 5.74) is 5.03. The van der Waals surface area contributed by atoms with E-state index in [1.807, 2.05) is 0 Å². The molecule has 5 heteroatoms. The number of nitrogens with zero attached hydrogens (tertiary/aromatic N) is 1. The lowest BCUT2D eigenvalue weighted by Crippen LogP contribution is -3.00. The Morgan fingerprint density at radius 2 is 2.08 bits per heavy atom. The van der Waals surface area contributed by atoms with Crippen LogP contribution in [0.25, 0.3) is 0 Å². The summed E-state index contributed by atoms with van der Waals surface area (Å²) in [4.78, 5) is 9.92. The first-order valence-electron chi connectivity index (χ1n) is 3.19. The van der Waals surface area contributed by atoms with Crippen LogP contribution >= 0.6 is 0 Å². The lowest BCUT2D eigenvalue weighted by atomic mass is 10.2. The first kappa shape index (κ1) is 11.1. The molecule has 0 amide bonds. The number of benzene rings is 1. The van der Waals surface area contributed by atoms with E-state index in [0.29, 0.717) is 5.69 Å². The van der Waals surface area contributed by atoms with Crippen molar-refractivity contribution < 1.29 is 27.6 Å². The molecule has 4 nitrogen and oxygen atoms in total. The van der Waals surface area contributed by atoms with Crippen LogP contribution < -0.4 is 22.7 Å². The molecular weight excluding hydrogens is 224 g/mol. The highest BCUT2D eigenvalue weighted by Crippen LogP contribution is 2.21. The van der Waals surface area contributed by atoms with Crippen LogP contribution in [0.15, 0.2) is 18.2 Å². The van der Waals surface area contributed by atoms with Gasteiger partial charge < -0.3 is 22.7 Å². The first-order valence-corrected chi connectivity index (χ1v) is 3.19. The molecule has 0 aliphatic rings. The molecule has 0 aliphatic heterocycles. The predicted octanol–water partition coefficient (Wildman–Crippen LogP) is -2.22. The highest BCUT2D eigenvalue weighted by atomic mass is 79.9. The van der Waals surface area contributed by atoms with Crippen molar-refractivity contribution in [2.75, 3.05) is 0 Å². The normalized spacial score (nSPS) is 8.83. The van der Waals surface area contributed by atoms with Crippen molar-refractivity contribution in [3.8, 4) is 0 Å². The van der Waals surface area contributed by atoms with Crippen LogP contribution in [-0.2, 0) is 0 Å². The third-order valence-corrected chi connectivity index (χ3v) is 1.58. The quantitative estimate of drug-likeness (QED) is 0.441. The number of nitro benzene ring substituents is 1. The Morgan fingerprint density at radius 3 is 2.50 bits per heavy atom. The van der Waals surface area contributed by atoms with Crippen LogP contribution in [0.1, 0.15) is 5.56 Å². The Morgan fingerprint density at radius 1 is 1.50 bits per heavy atom. The molecule has 66 valence electrons. The number of aryl methyl sites for hydroxylation is 1. The van der Waals surface area contributed by atoms with E-state index in [2.05, 4.69) is 5.73 Å². The van der Waals surface area contributed by atoms with Crippen LogP contribution in [-0.4, -0.2) is 4.92 Å². The van der Waals surface area contributed by atoms with Gasteiger partial charge in [-0.05, 0) is 6.92 Å². The van der Waals surface area contributed by atoms with Crippen molar-refractivity contribution >= 4 is 11.4 Å². The summed E-state index contributed by atoms with van der Waals surface area (Å²) in [6.45, 7) is 1.80. The topological polar surface area (TPSA) is 70.8 Å². The molecule has 0 radical (unpaired) electrons. The molecule has 12 heavy (non-hydrogen) atoms. The third-order valence-electron chi connectivity index (χ3n) is 1.58. The van der Waals surface area contributed by atoms with Crippen molar-refractivity contribution in [3.63, 3.8) is 0 Å². The van der Waals surface area contributed by atoms with Crippen LogP contribution in [0.3, 0.4) is 0 Å². The highest BCUT2D eigenvalue weighted by Gasteiger charge is 2.14. The van der Waals surface area contributed by atoms with Crippen molar-refractivity contribution in [2.24, 2.45) is 0 Å². The average molecular weight is 233 g/mol. The maximum absolute atomic E-state index is 10.3. The van der Waals surface area contributed by atoms with Gasteiger partial charge in [-0.15, -0.1) is 0 Å². The summed E-state index contributed by atoms with van der Waals surface area (Å²) in [6.07, 6.45) is 0. The zero-order chi connectivity index (χ0) is 8.43. The molecular formula is C7H9BrN2O2. The molecule has 0 heterocycles. The maximum atomic E-state index is 10.3. The number of nitro groups is 1. The Hall–Kier alpha value is -0.940. The smallest absolute Gasteiger partial charge is 0.329 e. The molecule has 0 aromatic heterocycles. The van der Waals surface area contributed by atoms with Crippen LogP contribution in [0.4, 0.5) is 11.4 Å². The Labute approximate surface area is 80.3 Å². The fourth-order valence-corrected chi connectivity index (χ4v) is 0.858. The highest BCUT2D eigenvalue weighted by molar-refractivity contribution is 5.55. The summed E-state index contributed by atoms with van der Waals surface area (Å²) < 4.78 is 0. The minimum atomic E-state index is -0.421. The fourth-order valence-electron chi connectivity index (χ4n) is 0.858. The monoisotopic (exact) mass is 232 g/mol. The third kappa shape index (κ3) is 2.02. The van der Waals surface area contributed by atoms with E-state index in [4.69, 9.17) is 0 Å². The van der Waals surface area contributed by atoms with Gasteiger partial charge in [-0.25, -0.2) is 0 Å². The van der Waals surface area contributed by atoms with Gasteiger partial charge in [0.2, 0.25) is 5.69 Å². The van der Waals surface area contributed by atoms with Gasteiger partial charge in [0.1, 0.15) is 0 Å². The molecule has 0 fully saturated rings. The van der Waals surface area contributed by atoms with E-state index in [-0.39, 0.29) is 22.7 Å². The fraction of sp³-hybridized carbons (Fsp3) is 0.143. The Bertz CT molecular complexity index is 301. The zero-order valence-corrected chi connectivity index (χ0v) is 8.17. The lowest BCUT2D eigenvalue weighted by molar-refractivity contribution is -0.395. The van der Waals surface area contributed by atoms with Crippen LogP contribution in [0.5, 0.6) is 0 Å². The molecule has 0 aliphatic carbocycles.